The van der Waals surface area contributed by atoms with E-state index in [0.29, 0.717) is 16.9 Å². The van der Waals surface area contributed by atoms with Crippen LogP contribution in [0.2, 0.25) is 0 Å². The van der Waals surface area contributed by atoms with Gasteiger partial charge in [0, 0.05) is 6.20 Å². The smallest absolute Gasteiger partial charge is 0.229 e. The molecule has 2 rings (SSSR count). The highest BCUT2D eigenvalue weighted by Gasteiger charge is 2.29. The van der Waals surface area contributed by atoms with Gasteiger partial charge in [-0.3, -0.25) is 4.79 Å². The molecule has 1 aliphatic rings. The third-order valence-electron chi connectivity index (χ3n) is 2.19. The molecule has 0 aromatic carbocycles. The second-order valence-electron chi connectivity index (χ2n) is 3.25. The topological polar surface area (TPSA) is 56.3 Å². The van der Waals surface area contributed by atoms with Crippen LogP contribution in [0.3, 0.4) is 0 Å². The van der Waals surface area contributed by atoms with Crippen LogP contribution in [0, 0.1) is 4.64 Å². The number of hydrogen-bond donors (Lipinski definition) is 2. The fourth-order valence-corrected chi connectivity index (χ4v) is 1.79. The van der Waals surface area contributed by atoms with Gasteiger partial charge in [-0.2, -0.15) is 0 Å². The number of aromatic amines is 1. The molecule has 1 aromatic heterocycles. The molecule has 1 aromatic rings. The Morgan fingerprint density at radius 1 is 1.64 bits per heavy atom. The SMILES string of the molecule is O=C1CC(O)CN1c1ccc[nH]c1=S. The number of nitrogens with one attached hydrogen (secondary N) is 1. The summed E-state index contributed by atoms with van der Waals surface area (Å²) in [6, 6.07) is 3.55. The number of aliphatic hydroxyl groups excluding tert-OH is 1. The maximum absolute atomic E-state index is 11.4. The Morgan fingerprint density at radius 3 is 3.00 bits per heavy atom. The molecule has 0 radical (unpaired) electrons. The summed E-state index contributed by atoms with van der Waals surface area (Å²) >= 11 is 5.05. The summed E-state index contributed by atoms with van der Waals surface area (Å²) in [6.45, 7) is 0.334. The van der Waals surface area contributed by atoms with Crippen LogP contribution in [0.15, 0.2) is 18.3 Å². The van der Waals surface area contributed by atoms with Crippen LogP contribution in [-0.4, -0.2) is 28.6 Å². The van der Waals surface area contributed by atoms with Crippen molar-refractivity contribution in [2.24, 2.45) is 0 Å². The number of carbonyl (C=O) groups is 1. The highest BCUT2D eigenvalue weighted by molar-refractivity contribution is 7.71. The Bertz CT molecular complexity index is 415. The highest BCUT2D eigenvalue weighted by Crippen LogP contribution is 2.21. The maximum Gasteiger partial charge on any atom is 0.229 e. The van der Waals surface area contributed by atoms with Crippen molar-refractivity contribution < 1.29 is 9.90 Å². The highest BCUT2D eigenvalue weighted by atomic mass is 32.1. The number of aromatic nitrogens is 1. The van der Waals surface area contributed by atoms with Crippen LogP contribution in [0.25, 0.3) is 0 Å². The number of amides is 1. The van der Waals surface area contributed by atoms with Gasteiger partial charge in [0.2, 0.25) is 5.91 Å². The van der Waals surface area contributed by atoms with Crippen LogP contribution in [0.4, 0.5) is 5.69 Å². The summed E-state index contributed by atoms with van der Waals surface area (Å²) in [4.78, 5) is 15.8. The number of pyridine rings is 1. The van der Waals surface area contributed by atoms with E-state index in [1.54, 1.807) is 18.3 Å². The Balaban J connectivity index is 2.37. The van der Waals surface area contributed by atoms with Crippen LogP contribution < -0.4 is 4.90 Å². The van der Waals surface area contributed by atoms with Crippen molar-refractivity contribution in [3.8, 4) is 0 Å². The molecule has 1 amide bonds. The molecular weight excluding hydrogens is 200 g/mol. The lowest BCUT2D eigenvalue weighted by Gasteiger charge is -2.15. The number of anilines is 1. The Morgan fingerprint density at radius 2 is 2.43 bits per heavy atom. The van der Waals surface area contributed by atoms with Crippen LogP contribution in [0.1, 0.15) is 6.42 Å². The van der Waals surface area contributed by atoms with E-state index in [4.69, 9.17) is 12.2 Å². The van der Waals surface area contributed by atoms with E-state index in [0.717, 1.165) is 0 Å². The monoisotopic (exact) mass is 210 g/mol. The third kappa shape index (κ3) is 1.56. The minimum absolute atomic E-state index is 0.0804. The molecule has 14 heavy (non-hydrogen) atoms. The van der Waals surface area contributed by atoms with Gasteiger partial charge in [-0.1, -0.05) is 12.2 Å². The standard InChI is InChI=1S/C9H10N2O2S/c12-6-4-8(13)11(5-6)7-2-1-3-10-9(7)14/h1-3,6,12H,4-5H2,(H,10,14). The minimum Gasteiger partial charge on any atom is -0.391 e. The molecule has 1 fully saturated rings. The van der Waals surface area contributed by atoms with Crippen molar-refractivity contribution in [1.29, 1.82) is 0 Å². The van der Waals surface area contributed by atoms with Crippen molar-refractivity contribution in [1.82, 2.24) is 4.98 Å². The van der Waals surface area contributed by atoms with Gasteiger partial charge >= 0.3 is 0 Å². The molecular formula is C9H10N2O2S. The van der Waals surface area contributed by atoms with Gasteiger partial charge in [0.25, 0.3) is 0 Å². The number of β-amino-alcohol motifs (C(OH)–C–C–N with tert-alkyl or cyclic N) is 1. The van der Waals surface area contributed by atoms with Gasteiger partial charge in [0.1, 0.15) is 4.64 Å². The summed E-state index contributed by atoms with van der Waals surface area (Å²) in [5, 5.41) is 9.32. The van der Waals surface area contributed by atoms with Gasteiger partial charge in [-0.05, 0) is 12.1 Å². The van der Waals surface area contributed by atoms with E-state index in [1.165, 1.54) is 4.90 Å². The number of carbonyl (C=O) groups excluding carboxylic acids is 1. The number of nitrogens with zero attached hydrogens (tertiary/aromatic N) is 1. The van der Waals surface area contributed by atoms with Gasteiger partial charge in [0.05, 0.1) is 24.8 Å². The summed E-state index contributed by atoms with van der Waals surface area (Å²) in [6.07, 6.45) is 1.32. The summed E-state index contributed by atoms with van der Waals surface area (Å²) in [5.41, 5.74) is 0.670. The average molecular weight is 210 g/mol. The predicted octanol–water partition coefficient (Wildman–Crippen LogP) is 0.842. The quantitative estimate of drug-likeness (QED) is 0.675. The van der Waals surface area contributed by atoms with Crippen molar-refractivity contribution >= 4 is 23.8 Å². The predicted molar refractivity (Wildman–Crippen MR) is 54.6 cm³/mol. The summed E-state index contributed by atoms with van der Waals surface area (Å²) < 4.78 is 0.523. The molecule has 2 heterocycles. The van der Waals surface area contributed by atoms with E-state index in [2.05, 4.69) is 4.98 Å². The largest absolute Gasteiger partial charge is 0.391 e. The first-order valence-electron chi connectivity index (χ1n) is 4.34. The zero-order chi connectivity index (χ0) is 10.1. The van der Waals surface area contributed by atoms with Crippen molar-refractivity contribution in [2.45, 2.75) is 12.5 Å². The molecule has 5 heteroatoms. The Hall–Kier alpha value is -1.20. The zero-order valence-corrected chi connectivity index (χ0v) is 8.25. The van der Waals surface area contributed by atoms with E-state index in [1.807, 2.05) is 0 Å². The summed E-state index contributed by atoms with van der Waals surface area (Å²) in [5.74, 6) is -0.0804. The lowest BCUT2D eigenvalue weighted by molar-refractivity contribution is -0.117. The molecule has 1 atom stereocenters. The number of aliphatic hydroxyl groups is 1. The second kappa shape index (κ2) is 3.51. The number of rotatable bonds is 1. The van der Waals surface area contributed by atoms with Crippen LogP contribution in [0.5, 0.6) is 0 Å². The molecule has 1 saturated heterocycles. The van der Waals surface area contributed by atoms with E-state index in [-0.39, 0.29) is 12.3 Å². The lowest BCUT2D eigenvalue weighted by atomic mass is 10.3. The second-order valence-corrected chi connectivity index (χ2v) is 3.66. The van der Waals surface area contributed by atoms with Crippen molar-refractivity contribution in [3.05, 3.63) is 23.0 Å². The Labute approximate surface area is 86.2 Å². The first kappa shape index (κ1) is 9.36. The molecule has 0 bridgehead atoms. The van der Waals surface area contributed by atoms with Gasteiger partial charge in [-0.25, -0.2) is 0 Å². The van der Waals surface area contributed by atoms with Crippen molar-refractivity contribution in [3.63, 3.8) is 0 Å². The third-order valence-corrected chi connectivity index (χ3v) is 2.52. The van der Waals surface area contributed by atoms with Gasteiger partial charge < -0.3 is 15.0 Å². The first-order valence-corrected chi connectivity index (χ1v) is 4.75. The molecule has 2 N–H and O–H groups in total. The molecule has 1 aliphatic heterocycles. The fourth-order valence-electron chi connectivity index (χ4n) is 1.55. The lowest BCUT2D eigenvalue weighted by Crippen LogP contribution is -2.25. The molecule has 0 aliphatic carbocycles. The minimum atomic E-state index is -0.572. The Kier molecular flexibility index (Phi) is 2.35. The number of hydrogen-bond acceptors (Lipinski definition) is 3. The van der Waals surface area contributed by atoms with Crippen LogP contribution in [-0.2, 0) is 4.79 Å². The van der Waals surface area contributed by atoms with Crippen LogP contribution >= 0.6 is 12.2 Å². The molecule has 0 spiro atoms. The summed E-state index contributed by atoms with van der Waals surface area (Å²) in [7, 11) is 0. The maximum atomic E-state index is 11.4. The molecule has 74 valence electrons. The normalized spacial score (nSPS) is 21.6. The van der Waals surface area contributed by atoms with Gasteiger partial charge in [-0.15, -0.1) is 0 Å². The number of H-pyrrole nitrogens is 1. The fraction of sp³-hybridized carbons (Fsp3) is 0.333. The van der Waals surface area contributed by atoms with E-state index < -0.39 is 6.10 Å². The molecule has 1 unspecified atom stereocenters. The van der Waals surface area contributed by atoms with Gasteiger partial charge in [0.15, 0.2) is 0 Å². The molecule has 0 saturated carbocycles. The average Bonchev–Trinajstić information content (AvgIpc) is 2.46. The zero-order valence-electron chi connectivity index (χ0n) is 7.43. The molecule has 4 nitrogen and oxygen atoms in total. The van der Waals surface area contributed by atoms with E-state index in [9.17, 15) is 9.90 Å². The van der Waals surface area contributed by atoms with Crippen molar-refractivity contribution in [2.75, 3.05) is 11.4 Å². The first-order chi connectivity index (χ1) is 6.68. The van der Waals surface area contributed by atoms with E-state index >= 15 is 0 Å².